The van der Waals surface area contributed by atoms with Crippen molar-refractivity contribution < 1.29 is 19.0 Å². The monoisotopic (exact) mass is 428 g/mol. The van der Waals surface area contributed by atoms with Gasteiger partial charge in [0, 0.05) is 5.69 Å². The molecule has 0 amide bonds. The van der Waals surface area contributed by atoms with Gasteiger partial charge in [0.2, 0.25) is 5.88 Å². The third kappa shape index (κ3) is 4.45. The molecule has 0 bridgehead atoms. The maximum Gasteiger partial charge on any atom is 0.242 e. The molecule has 7 nitrogen and oxygen atoms in total. The van der Waals surface area contributed by atoms with Gasteiger partial charge in [0.15, 0.2) is 0 Å². The maximum absolute atomic E-state index is 13.3. The van der Waals surface area contributed by atoms with Crippen LogP contribution in [0.15, 0.2) is 54.9 Å². The first kappa shape index (κ1) is 19.9. The number of aromatic amines is 1. The minimum Gasteiger partial charge on any atom is -0.487 e. The summed E-state index contributed by atoms with van der Waals surface area (Å²) in [7, 11) is 0. The molecular formula is C21H18ClFN4O3. The van der Waals surface area contributed by atoms with Crippen LogP contribution >= 0.6 is 11.6 Å². The van der Waals surface area contributed by atoms with Gasteiger partial charge in [-0.25, -0.2) is 4.39 Å². The molecule has 2 aromatic carbocycles. The Kier molecular flexibility index (Phi) is 5.97. The van der Waals surface area contributed by atoms with Crippen LogP contribution in [0.2, 0.25) is 5.02 Å². The summed E-state index contributed by atoms with van der Waals surface area (Å²) in [6.07, 6.45) is 3.28. The first-order valence-corrected chi connectivity index (χ1v) is 9.51. The second kappa shape index (κ2) is 8.98. The van der Waals surface area contributed by atoms with Crippen LogP contribution in [0.1, 0.15) is 5.56 Å². The summed E-state index contributed by atoms with van der Waals surface area (Å²) in [5, 5.41) is 20.3. The van der Waals surface area contributed by atoms with Gasteiger partial charge in [-0.05, 0) is 35.9 Å². The summed E-state index contributed by atoms with van der Waals surface area (Å²) >= 11 is 6.36. The van der Waals surface area contributed by atoms with Crippen LogP contribution < -0.4 is 14.8 Å². The lowest BCUT2D eigenvalue weighted by Crippen LogP contribution is -2.02. The summed E-state index contributed by atoms with van der Waals surface area (Å²) in [6, 6.07) is 11.5. The SMILES string of the molecule is OCCOc1n[nH]c2cncc(Nc3ccc(OCc4cccc(F)c4)c(Cl)c3)c12. The van der Waals surface area contributed by atoms with E-state index in [4.69, 9.17) is 26.2 Å². The Morgan fingerprint density at radius 3 is 2.83 bits per heavy atom. The molecule has 0 aliphatic rings. The zero-order valence-corrected chi connectivity index (χ0v) is 16.5. The molecule has 0 saturated carbocycles. The van der Waals surface area contributed by atoms with Crippen molar-refractivity contribution in [3.63, 3.8) is 0 Å². The number of benzene rings is 2. The number of halogens is 2. The highest BCUT2D eigenvalue weighted by molar-refractivity contribution is 6.32. The normalized spacial score (nSPS) is 10.9. The number of anilines is 2. The number of aromatic nitrogens is 3. The highest BCUT2D eigenvalue weighted by Crippen LogP contribution is 2.34. The number of nitrogens with one attached hydrogen (secondary N) is 2. The molecule has 0 aliphatic heterocycles. The smallest absolute Gasteiger partial charge is 0.242 e. The number of aliphatic hydroxyl groups excluding tert-OH is 1. The zero-order valence-electron chi connectivity index (χ0n) is 15.7. The third-order valence-electron chi connectivity index (χ3n) is 4.26. The molecule has 4 aromatic rings. The number of hydrogen-bond acceptors (Lipinski definition) is 6. The summed E-state index contributed by atoms with van der Waals surface area (Å²) in [5.74, 6) is 0.536. The molecule has 0 atom stereocenters. The molecule has 2 heterocycles. The molecule has 0 saturated heterocycles. The van der Waals surface area contributed by atoms with Gasteiger partial charge in [0.05, 0.1) is 40.6 Å². The molecule has 3 N–H and O–H groups in total. The lowest BCUT2D eigenvalue weighted by Gasteiger charge is -2.12. The van der Waals surface area contributed by atoms with E-state index in [-0.39, 0.29) is 25.6 Å². The zero-order chi connectivity index (χ0) is 20.9. The molecule has 154 valence electrons. The van der Waals surface area contributed by atoms with E-state index in [9.17, 15) is 4.39 Å². The van der Waals surface area contributed by atoms with Crippen LogP contribution in [0.4, 0.5) is 15.8 Å². The third-order valence-corrected chi connectivity index (χ3v) is 4.56. The Hall–Kier alpha value is -3.36. The number of ether oxygens (including phenoxy) is 2. The summed E-state index contributed by atoms with van der Waals surface area (Å²) < 4.78 is 24.5. The molecule has 0 spiro atoms. The van der Waals surface area contributed by atoms with Crippen molar-refractivity contribution in [2.24, 2.45) is 0 Å². The molecule has 0 aliphatic carbocycles. The van der Waals surface area contributed by atoms with Crippen LogP contribution in [-0.2, 0) is 6.61 Å². The number of nitrogens with zero attached hydrogens (tertiary/aromatic N) is 2. The van der Waals surface area contributed by atoms with Gasteiger partial charge in [-0.15, -0.1) is 5.10 Å². The van der Waals surface area contributed by atoms with Gasteiger partial charge >= 0.3 is 0 Å². The Labute approximate surface area is 176 Å². The van der Waals surface area contributed by atoms with Gasteiger partial charge in [-0.2, -0.15) is 0 Å². The first-order chi connectivity index (χ1) is 14.6. The minimum atomic E-state index is -0.314. The topological polar surface area (TPSA) is 92.3 Å². The van der Waals surface area contributed by atoms with E-state index < -0.39 is 0 Å². The van der Waals surface area contributed by atoms with Gasteiger partial charge < -0.3 is 19.9 Å². The predicted molar refractivity (Wildman–Crippen MR) is 112 cm³/mol. The quantitative estimate of drug-likeness (QED) is 0.384. The van der Waals surface area contributed by atoms with Crippen LogP contribution in [0.25, 0.3) is 10.9 Å². The second-order valence-corrected chi connectivity index (χ2v) is 6.81. The van der Waals surface area contributed by atoms with Gasteiger partial charge in [-0.1, -0.05) is 23.7 Å². The van der Waals surface area contributed by atoms with Crippen LogP contribution in [0.5, 0.6) is 11.6 Å². The summed E-state index contributed by atoms with van der Waals surface area (Å²) in [6.45, 7) is 0.216. The van der Waals surface area contributed by atoms with E-state index in [1.807, 2.05) is 0 Å². The number of hydrogen-bond donors (Lipinski definition) is 3. The lowest BCUT2D eigenvalue weighted by atomic mass is 10.2. The average molecular weight is 429 g/mol. The fourth-order valence-electron chi connectivity index (χ4n) is 2.92. The maximum atomic E-state index is 13.3. The first-order valence-electron chi connectivity index (χ1n) is 9.13. The van der Waals surface area contributed by atoms with E-state index in [0.717, 1.165) is 0 Å². The van der Waals surface area contributed by atoms with Gasteiger partial charge in [0.25, 0.3) is 0 Å². The van der Waals surface area contributed by atoms with Crippen molar-refractivity contribution in [1.29, 1.82) is 0 Å². The van der Waals surface area contributed by atoms with E-state index >= 15 is 0 Å². The van der Waals surface area contributed by atoms with E-state index in [1.165, 1.54) is 12.1 Å². The molecule has 0 fully saturated rings. The molecule has 0 unspecified atom stereocenters. The van der Waals surface area contributed by atoms with Crippen molar-refractivity contribution >= 4 is 33.9 Å². The van der Waals surface area contributed by atoms with E-state index in [0.29, 0.717) is 44.5 Å². The van der Waals surface area contributed by atoms with Crippen molar-refractivity contribution in [2.45, 2.75) is 6.61 Å². The number of rotatable bonds is 8. The predicted octanol–water partition coefficient (Wildman–Crippen LogP) is 4.44. The van der Waals surface area contributed by atoms with Crippen molar-refractivity contribution in [1.82, 2.24) is 15.2 Å². The van der Waals surface area contributed by atoms with Crippen molar-refractivity contribution in [2.75, 3.05) is 18.5 Å². The fourth-order valence-corrected chi connectivity index (χ4v) is 3.16. The van der Waals surface area contributed by atoms with E-state index in [2.05, 4.69) is 20.5 Å². The van der Waals surface area contributed by atoms with Crippen LogP contribution in [-0.4, -0.2) is 33.5 Å². The van der Waals surface area contributed by atoms with Crippen molar-refractivity contribution in [3.05, 3.63) is 71.3 Å². The minimum absolute atomic E-state index is 0.116. The van der Waals surface area contributed by atoms with Gasteiger partial charge in [0.1, 0.15) is 24.8 Å². The molecule has 2 aromatic heterocycles. The van der Waals surface area contributed by atoms with Crippen molar-refractivity contribution in [3.8, 4) is 11.6 Å². The molecule has 4 rings (SSSR count). The summed E-state index contributed by atoms with van der Waals surface area (Å²) in [4.78, 5) is 4.19. The van der Waals surface area contributed by atoms with Crippen LogP contribution in [0, 0.1) is 5.82 Å². The fraction of sp³-hybridized carbons (Fsp3) is 0.143. The number of fused-ring (bicyclic) bond motifs is 1. The Balaban J connectivity index is 1.52. The van der Waals surface area contributed by atoms with Crippen LogP contribution in [0.3, 0.4) is 0 Å². The molecule has 0 radical (unpaired) electrons. The molecule has 30 heavy (non-hydrogen) atoms. The number of pyridine rings is 1. The van der Waals surface area contributed by atoms with E-state index in [1.54, 1.807) is 42.7 Å². The summed E-state index contributed by atoms with van der Waals surface area (Å²) in [5.41, 5.74) is 2.77. The molecule has 9 heteroatoms. The molecular weight excluding hydrogens is 411 g/mol. The highest BCUT2D eigenvalue weighted by Gasteiger charge is 2.13. The Bertz CT molecular complexity index is 1170. The number of aliphatic hydroxyl groups is 1. The van der Waals surface area contributed by atoms with Gasteiger partial charge in [-0.3, -0.25) is 10.1 Å². The Morgan fingerprint density at radius 2 is 2.03 bits per heavy atom. The second-order valence-electron chi connectivity index (χ2n) is 6.40. The Morgan fingerprint density at radius 1 is 1.13 bits per heavy atom. The average Bonchev–Trinajstić information content (AvgIpc) is 3.16. The number of H-pyrrole nitrogens is 1. The lowest BCUT2D eigenvalue weighted by molar-refractivity contribution is 0.198. The largest absolute Gasteiger partial charge is 0.487 e. The highest BCUT2D eigenvalue weighted by atomic mass is 35.5. The standard InChI is InChI=1S/C21H18ClFN4O3/c22-16-9-15(4-5-19(16)30-12-13-2-1-3-14(23)8-13)25-17-10-24-11-18-20(17)21(27-26-18)29-7-6-28/h1-5,8-11,25,28H,6-7,12H2,(H,26,27).